The molecule has 2 aromatic carbocycles. The molecule has 1 unspecified atom stereocenters. The van der Waals surface area contributed by atoms with Crippen LogP contribution >= 0.6 is 15.9 Å². The minimum atomic E-state index is -0.614. The van der Waals surface area contributed by atoms with Crippen LogP contribution < -0.4 is 9.47 Å². The van der Waals surface area contributed by atoms with Crippen LogP contribution in [0.25, 0.3) is 0 Å². The van der Waals surface area contributed by atoms with Crippen LogP contribution in [0.2, 0.25) is 0 Å². The Labute approximate surface area is 124 Å². The highest BCUT2D eigenvalue weighted by Crippen LogP contribution is 2.38. The Morgan fingerprint density at radius 1 is 0.950 bits per heavy atom. The Morgan fingerprint density at radius 3 is 2.15 bits per heavy atom. The Balaban J connectivity index is 2.44. The van der Waals surface area contributed by atoms with Crippen molar-refractivity contribution in [3.63, 3.8) is 0 Å². The summed E-state index contributed by atoms with van der Waals surface area (Å²) in [7, 11) is 3.09. The summed E-state index contributed by atoms with van der Waals surface area (Å²) in [5, 5.41) is 0. The quantitative estimate of drug-likeness (QED) is 0.763. The summed E-state index contributed by atoms with van der Waals surface area (Å²) in [5.41, 5.74) is 1.24. The van der Waals surface area contributed by atoms with Crippen molar-refractivity contribution in [2.75, 3.05) is 14.2 Å². The van der Waals surface area contributed by atoms with Crippen molar-refractivity contribution >= 4 is 15.9 Å². The molecule has 0 radical (unpaired) electrons. The lowest BCUT2D eigenvalue weighted by molar-refractivity contribution is 0.391. The molecule has 0 N–H and O–H groups in total. The Kier molecular flexibility index (Phi) is 4.60. The summed E-state index contributed by atoms with van der Waals surface area (Å²) >= 11 is 3.45. The molecule has 0 bridgehead atoms. The summed E-state index contributed by atoms with van der Waals surface area (Å²) in [5.74, 6) is 0.000439. The van der Waals surface area contributed by atoms with Crippen molar-refractivity contribution in [2.45, 2.75) is 4.83 Å². The highest BCUT2D eigenvalue weighted by molar-refractivity contribution is 9.09. The fraction of sp³-hybridized carbons (Fsp3) is 0.200. The molecule has 0 aromatic heterocycles. The van der Waals surface area contributed by atoms with Crippen molar-refractivity contribution < 1.29 is 18.3 Å². The predicted octanol–water partition coefficient (Wildman–Crippen LogP) is 4.47. The van der Waals surface area contributed by atoms with Gasteiger partial charge < -0.3 is 9.47 Å². The maximum absolute atomic E-state index is 13.3. The molecule has 106 valence electrons. The van der Waals surface area contributed by atoms with Crippen molar-refractivity contribution in [3.8, 4) is 11.5 Å². The third-order valence-electron chi connectivity index (χ3n) is 2.89. The lowest BCUT2D eigenvalue weighted by Crippen LogP contribution is -1.99. The molecule has 0 saturated heterocycles. The van der Waals surface area contributed by atoms with Gasteiger partial charge in [0.15, 0.2) is 0 Å². The van der Waals surface area contributed by atoms with Gasteiger partial charge in [-0.05, 0) is 23.8 Å². The predicted molar refractivity (Wildman–Crippen MR) is 76.7 cm³/mol. The fourth-order valence-electron chi connectivity index (χ4n) is 1.93. The maximum atomic E-state index is 13.3. The molecule has 0 spiro atoms. The molecule has 2 aromatic rings. The second-order valence-electron chi connectivity index (χ2n) is 4.17. The number of ether oxygens (including phenoxy) is 2. The van der Waals surface area contributed by atoms with Gasteiger partial charge in [-0.2, -0.15) is 0 Å². The van der Waals surface area contributed by atoms with E-state index in [1.54, 1.807) is 25.3 Å². The Bertz CT molecular complexity index is 597. The largest absolute Gasteiger partial charge is 0.497 e. The SMILES string of the molecule is COc1ccc(C(Br)c2cc(F)cc(F)c2)c(OC)c1. The van der Waals surface area contributed by atoms with Crippen LogP contribution in [-0.2, 0) is 0 Å². The molecule has 2 nitrogen and oxygen atoms in total. The van der Waals surface area contributed by atoms with Gasteiger partial charge in [-0.25, -0.2) is 8.78 Å². The molecule has 0 saturated carbocycles. The highest BCUT2D eigenvalue weighted by atomic mass is 79.9. The topological polar surface area (TPSA) is 18.5 Å². The van der Waals surface area contributed by atoms with Gasteiger partial charge in [-0.3, -0.25) is 0 Å². The molecule has 0 heterocycles. The van der Waals surface area contributed by atoms with Gasteiger partial charge in [0.1, 0.15) is 23.1 Å². The van der Waals surface area contributed by atoms with Gasteiger partial charge in [0.2, 0.25) is 0 Å². The smallest absolute Gasteiger partial charge is 0.127 e. The van der Waals surface area contributed by atoms with E-state index in [0.29, 0.717) is 17.1 Å². The van der Waals surface area contributed by atoms with Gasteiger partial charge in [-0.15, -0.1) is 0 Å². The molecular formula is C15H13BrF2O2. The van der Waals surface area contributed by atoms with E-state index in [-0.39, 0.29) is 4.83 Å². The van der Waals surface area contributed by atoms with Crippen LogP contribution in [-0.4, -0.2) is 14.2 Å². The number of hydrogen-bond donors (Lipinski definition) is 0. The summed E-state index contributed by atoms with van der Waals surface area (Å²) in [6, 6.07) is 8.69. The van der Waals surface area contributed by atoms with Crippen LogP contribution in [0.3, 0.4) is 0 Å². The first kappa shape index (κ1) is 14.8. The zero-order valence-electron chi connectivity index (χ0n) is 11.0. The van der Waals surface area contributed by atoms with Crippen molar-refractivity contribution in [3.05, 3.63) is 59.2 Å². The van der Waals surface area contributed by atoms with E-state index in [9.17, 15) is 8.78 Å². The average molecular weight is 343 g/mol. The summed E-state index contributed by atoms with van der Waals surface area (Å²) < 4.78 is 37.0. The summed E-state index contributed by atoms with van der Waals surface area (Å²) in [6.07, 6.45) is 0. The van der Waals surface area contributed by atoms with E-state index in [4.69, 9.17) is 9.47 Å². The van der Waals surface area contributed by atoms with Crippen LogP contribution in [0.5, 0.6) is 11.5 Å². The number of benzene rings is 2. The zero-order valence-corrected chi connectivity index (χ0v) is 12.6. The second kappa shape index (κ2) is 6.22. The number of hydrogen-bond acceptors (Lipinski definition) is 2. The van der Waals surface area contributed by atoms with E-state index in [1.807, 2.05) is 0 Å². The van der Waals surface area contributed by atoms with Gasteiger partial charge in [0.25, 0.3) is 0 Å². The molecule has 1 atom stereocenters. The van der Waals surface area contributed by atoms with Gasteiger partial charge in [0, 0.05) is 17.7 Å². The number of halogens is 3. The molecule has 0 fully saturated rings. The Hall–Kier alpha value is -1.62. The van der Waals surface area contributed by atoms with E-state index in [0.717, 1.165) is 11.6 Å². The Morgan fingerprint density at radius 2 is 1.60 bits per heavy atom. The third-order valence-corrected chi connectivity index (χ3v) is 3.91. The molecule has 0 aliphatic rings. The third kappa shape index (κ3) is 3.10. The molecule has 2 rings (SSSR count). The standard InChI is InChI=1S/C15H13BrF2O2/c1-19-12-3-4-13(14(8-12)20-2)15(16)9-5-10(17)7-11(18)6-9/h3-8,15H,1-2H3. The highest BCUT2D eigenvalue weighted by Gasteiger charge is 2.17. The van der Waals surface area contributed by atoms with Crippen LogP contribution in [0.15, 0.2) is 36.4 Å². The van der Waals surface area contributed by atoms with Gasteiger partial charge in [-0.1, -0.05) is 22.0 Å². The molecular weight excluding hydrogens is 330 g/mol. The minimum Gasteiger partial charge on any atom is -0.497 e. The normalized spacial score (nSPS) is 12.1. The van der Waals surface area contributed by atoms with Crippen molar-refractivity contribution in [1.82, 2.24) is 0 Å². The lowest BCUT2D eigenvalue weighted by atomic mass is 10.0. The molecule has 0 amide bonds. The van der Waals surface area contributed by atoms with E-state index in [1.165, 1.54) is 19.2 Å². The van der Waals surface area contributed by atoms with Gasteiger partial charge in [0.05, 0.1) is 19.0 Å². The summed E-state index contributed by atoms with van der Waals surface area (Å²) in [6.45, 7) is 0. The lowest BCUT2D eigenvalue weighted by Gasteiger charge is -2.16. The first-order valence-corrected chi connectivity index (χ1v) is 6.78. The first-order chi connectivity index (χ1) is 9.55. The molecule has 20 heavy (non-hydrogen) atoms. The van der Waals surface area contributed by atoms with Crippen LogP contribution in [0, 0.1) is 11.6 Å². The monoisotopic (exact) mass is 342 g/mol. The zero-order chi connectivity index (χ0) is 14.7. The molecule has 5 heteroatoms. The van der Waals surface area contributed by atoms with E-state index < -0.39 is 11.6 Å². The number of rotatable bonds is 4. The minimum absolute atomic E-state index is 0.381. The van der Waals surface area contributed by atoms with E-state index >= 15 is 0 Å². The second-order valence-corrected chi connectivity index (χ2v) is 5.09. The van der Waals surface area contributed by atoms with Gasteiger partial charge >= 0.3 is 0 Å². The van der Waals surface area contributed by atoms with Crippen LogP contribution in [0.4, 0.5) is 8.78 Å². The molecule has 0 aliphatic heterocycles. The fourth-order valence-corrected chi connectivity index (χ4v) is 2.57. The average Bonchev–Trinajstić information content (AvgIpc) is 2.44. The summed E-state index contributed by atoms with van der Waals surface area (Å²) in [4.78, 5) is -0.381. The number of methoxy groups -OCH3 is 2. The number of alkyl halides is 1. The van der Waals surface area contributed by atoms with Crippen molar-refractivity contribution in [1.29, 1.82) is 0 Å². The van der Waals surface area contributed by atoms with Crippen LogP contribution in [0.1, 0.15) is 16.0 Å². The van der Waals surface area contributed by atoms with Crippen molar-refractivity contribution in [2.24, 2.45) is 0 Å². The molecule has 0 aliphatic carbocycles. The first-order valence-electron chi connectivity index (χ1n) is 5.87. The maximum Gasteiger partial charge on any atom is 0.127 e. The van der Waals surface area contributed by atoms with E-state index in [2.05, 4.69) is 15.9 Å².